The fraction of sp³-hybridized carbons (Fsp3) is 1.00. The summed E-state index contributed by atoms with van der Waals surface area (Å²) < 4.78 is 64.9. The maximum absolute atomic E-state index is 11.2. The van der Waals surface area contributed by atoms with E-state index in [0.717, 1.165) is 27.8 Å². The van der Waals surface area contributed by atoms with Crippen molar-refractivity contribution in [3.05, 3.63) is 0 Å². The maximum Gasteiger partial charge on any atom is 0.203 e. The molecule has 24 heavy (non-hydrogen) atoms. The molecule has 0 aliphatic heterocycles. The van der Waals surface area contributed by atoms with Crippen LogP contribution < -0.4 is 0 Å². The Morgan fingerprint density at radius 3 is 1.54 bits per heavy atom. The molecule has 12 heteroatoms. The fourth-order valence-electron chi connectivity index (χ4n) is 1.25. The van der Waals surface area contributed by atoms with Gasteiger partial charge in [0.2, 0.25) is 8.87 Å². The van der Waals surface area contributed by atoms with Crippen LogP contribution in [-0.4, -0.2) is 93.7 Å². The molecule has 0 spiro atoms. The minimum Gasteiger partial charge on any atom is -0.378 e. The second-order valence-electron chi connectivity index (χ2n) is 4.40. The molecule has 0 amide bonds. The molecule has 0 aliphatic rings. The highest BCUT2D eigenvalue weighted by molar-refractivity contribution is 8.72. The molecule has 0 aliphatic carbocycles. The summed E-state index contributed by atoms with van der Waals surface area (Å²) in [5.41, 5.74) is 0. The molecular weight excluding hydrogens is 400 g/mol. The van der Waals surface area contributed by atoms with Crippen molar-refractivity contribution >= 4 is 39.3 Å². The summed E-state index contributed by atoms with van der Waals surface area (Å²) >= 11 is 0. The normalized spacial score (nSPS) is 12.6. The van der Waals surface area contributed by atoms with E-state index in [0.29, 0.717) is 52.0 Å². The molecule has 0 fully saturated rings. The van der Waals surface area contributed by atoms with Crippen molar-refractivity contribution in [3.63, 3.8) is 0 Å². The van der Waals surface area contributed by atoms with Crippen LogP contribution in [0.15, 0.2) is 0 Å². The van der Waals surface area contributed by atoms with Gasteiger partial charge in [-0.25, -0.2) is 16.8 Å². The lowest BCUT2D eigenvalue weighted by Crippen LogP contribution is -2.14. The molecule has 0 rings (SSSR count). The van der Waals surface area contributed by atoms with Crippen LogP contribution in [0.25, 0.3) is 0 Å². The number of hydrogen-bond donors (Lipinski definition) is 0. The van der Waals surface area contributed by atoms with Crippen LogP contribution >= 0.6 is 21.6 Å². The van der Waals surface area contributed by atoms with Crippen LogP contribution in [0.2, 0.25) is 0 Å². The summed E-state index contributed by atoms with van der Waals surface area (Å²) in [5.74, 6) is 0.403. The minimum absolute atomic E-state index is 0.0000292. The molecule has 0 saturated carbocycles. The van der Waals surface area contributed by atoms with Crippen LogP contribution in [0.4, 0.5) is 0 Å². The van der Waals surface area contributed by atoms with Gasteiger partial charge in [0.25, 0.3) is 0 Å². The lowest BCUT2D eigenvalue weighted by Gasteiger charge is -2.07. The van der Waals surface area contributed by atoms with E-state index in [1.54, 1.807) is 0 Å². The first-order chi connectivity index (χ1) is 11.3. The van der Waals surface area contributed by atoms with Crippen molar-refractivity contribution in [2.24, 2.45) is 0 Å². The van der Waals surface area contributed by atoms with Crippen LogP contribution in [0.5, 0.6) is 0 Å². The fourth-order valence-corrected chi connectivity index (χ4v) is 4.04. The van der Waals surface area contributed by atoms with Crippen LogP contribution in [0.1, 0.15) is 0 Å². The summed E-state index contributed by atoms with van der Waals surface area (Å²) in [6.07, 6.45) is 2.69. The summed E-state index contributed by atoms with van der Waals surface area (Å²) in [6, 6.07) is 0. The third-order valence-corrected chi connectivity index (χ3v) is 8.12. The average Bonchev–Trinajstić information content (AvgIpc) is 2.50. The van der Waals surface area contributed by atoms with Gasteiger partial charge in [0.05, 0.1) is 58.6 Å². The second-order valence-corrected chi connectivity index (χ2v) is 13.4. The van der Waals surface area contributed by atoms with Crippen molar-refractivity contribution in [1.29, 1.82) is 0 Å². The Balaban J connectivity index is 3.18. The van der Waals surface area contributed by atoms with Gasteiger partial charge in [-0.1, -0.05) is 0 Å². The Labute approximate surface area is 152 Å². The zero-order valence-corrected chi connectivity index (χ0v) is 17.2. The molecule has 0 aromatic rings. The third kappa shape index (κ3) is 18.8. The number of ether oxygens (including phenoxy) is 4. The van der Waals surface area contributed by atoms with Crippen LogP contribution in [0, 0.1) is 0 Å². The van der Waals surface area contributed by atoms with Gasteiger partial charge >= 0.3 is 0 Å². The molecule has 0 atom stereocenters. The van der Waals surface area contributed by atoms with Gasteiger partial charge in [-0.15, -0.1) is 0 Å². The summed E-state index contributed by atoms with van der Waals surface area (Å²) in [6.45, 7) is 2.89. The molecule has 0 saturated heterocycles. The monoisotopic (exact) mass is 426 g/mol. The predicted molar refractivity (Wildman–Crippen MR) is 97.9 cm³/mol. The molecule has 0 aromatic heterocycles. The van der Waals surface area contributed by atoms with Gasteiger partial charge in [0, 0.05) is 12.0 Å². The van der Waals surface area contributed by atoms with Gasteiger partial charge in [-0.3, -0.25) is 0 Å². The zero-order chi connectivity index (χ0) is 18.3. The maximum atomic E-state index is 11.2. The molecule has 0 bridgehead atoms. The van der Waals surface area contributed by atoms with Crippen molar-refractivity contribution in [2.75, 3.05) is 76.9 Å². The Hall–Kier alpha value is 0.440. The van der Waals surface area contributed by atoms with Crippen LogP contribution in [0.3, 0.4) is 0 Å². The van der Waals surface area contributed by atoms with E-state index in [2.05, 4.69) is 0 Å². The Morgan fingerprint density at radius 2 is 1.12 bits per heavy atom. The molecular formula is C12H26O8S4. The lowest BCUT2D eigenvalue weighted by molar-refractivity contribution is 0.00141. The van der Waals surface area contributed by atoms with E-state index in [9.17, 15) is 16.8 Å². The van der Waals surface area contributed by atoms with Gasteiger partial charge in [0.1, 0.15) is 0 Å². The molecule has 8 nitrogen and oxygen atoms in total. The highest BCUT2D eigenvalue weighted by atomic mass is 33.1. The van der Waals surface area contributed by atoms with E-state index < -0.39 is 17.7 Å². The number of rotatable bonds is 17. The zero-order valence-electron chi connectivity index (χ0n) is 14.0. The van der Waals surface area contributed by atoms with E-state index in [-0.39, 0.29) is 12.4 Å². The Kier molecular flexibility index (Phi) is 14.9. The minimum atomic E-state index is -3.06. The molecule has 146 valence electrons. The first kappa shape index (κ1) is 24.4. The predicted octanol–water partition coefficient (Wildman–Crippen LogP) is 0.438. The average molecular weight is 427 g/mol. The van der Waals surface area contributed by atoms with E-state index >= 15 is 0 Å². The molecule has 0 radical (unpaired) electrons. The Morgan fingerprint density at radius 1 is 0.708 bits per heavy atom. The second kappa shape index (κ2) is 14.6. The van der Waals surface area contributed by atoms with Gasteiger partial charge < -0.3 is 18.9 Å². The SMILES string of the molecule is CSS(=O)(=O)CCOCCOCCOCCOCCSS(C)(=O)=O. The van der Waals surface area contributed by atoms with Crippen LogP contribution in [-0.2, 0) is 36.7 Å². The molecule has 0 N–H and O–H groups in total. The van der Waals surface area contributed by atoms with Crippen molar-refractivity contribution in [1.82, 2.24) is 0 Å². The molecule has 0 aromatic carbocycles. The first-order valence-corrected chi connectivity index (χ1v) is 14.0. The third-order valence-electron chi connectivity index (χ3n) is 2.37. The number of hydrogen-bond acceptors (Lipinski definition) is 10. The topological polar surface area (TPSA) is 105 Å². The highest BCUT2D eigenvalue weighted by Crippen LogP contribution is 2.08. The highest BCUT2D eigenvalue weighted by Gasteiger charge is 2.07. The van der Waals surface area contributed by atoms with Crippen molar-refractivity contribution < 1.29 is 35.8 Å². The lowest BCUT2D eigenvalue weighted by atomic mass is 10.7. The van der Waals surface area contributed by atoms with E-state index in [4.69, 9.17) is 18.9 Å². The molecule has 0 unspecified atom stereocenters. The molecule has 0 heterocycles. The van der Waals surface area contributed by atoms with Crippen molar-refractivity contribution in [2.45, 2.75) is 0 Å². The van der Waals surface area contributed by atoms with Gasteiger partial charge in [-0.2, -0.15) is 0 Å². The van der Waals surface area contributed by atoms with Gasteiger partial charge in [-0.05, 0) is 27.8 Å². The van der Waals surface area contributed by atoms with Crippen molar-refractivity contribution in [3.8, 4) is 0 Å². The summed E-state index contributed by atoms with van der Waals surface area (Å²) in [4.78, 5) is 0. The summed E-state index contributed by atoms with van der Waals surface area (Å²) in [7, 11) is -4.38. The first-order valence-electron chi connectivity index (χ1n) is 7.20. The quantitative estimate of drug-likeness (QED) is 0.240. The van der Waals surface area contributed by atoms with E-state index in [1.807, 2.05) is 0 Å². The standard InChI is InChI=1S/C12H26O8S4/c1-21-24(15,16)12-10-20-8-6-18-4-3-17-5-7-19-9-11-22-23(2,13)14/h3-12H2,1-2H3. The smallest absolute Gasteiger partial charge is 0.203 e. The summed E-state index contributed by atoms with van der Waals surface area (Å²) in [5, 5.41) is 0. The van der Waals surface area contributed by atoms with Gasteiger partial charge in [0.15, 0.2) is 8.87 Å². The Bertz CT molecular complexity index is 491. The largest absolute Gasteiger partial charge is 0.378 e. The van der Waals surface area contributed by atoms with E-state index in [1.165, 1.54) is 6.26 Å².